The van der Waals surface area contributed by atoms with E-state index in [1.54, 1.807) is 33.2 Å². The molecule has 0 bridgehead atoms. The van der Waals surface area contributed by atoms with Gasteiger partial charge < -0.3 is 20.1 Å². The minimum atomic E-state index is -0.537. The topological polar surface area (TPSA) is 81.9 Å². The van der Waals surface area contributed by atoms with Gasteiger partial charge in [-0.3, -0.25) is 4.79 Å². The molecular weight excluding hydrogens is 248 g/mol. The highest BCUT2D eigenvalue weighted by Crippen LogP contribution is 2.28. The second-order valence-corrected chi connectivity index (χ2v) is 4.29. The fraction of sp³-hybridized carbons (Fsp3) is 0.385. The summed E-state index contributed by atoms with van der Waals surface area (Å²) < 4.78 is 9.99. The zero-order valence-corrected chi connectivity index (χ0v) is 11.5. The Morgan fingerprint density at radius 2 is 1.95 bits per heavy atom. The van der Waals surface area contributed by atoms with Crippen LogP contribution >= 0.6 is 0 Å². The number of nitrogens with zero attached hydrogens (tertiary/aromatic N) is 1. The van der Waals surface area contributed by atoms with Gasteiger partial charge in [0.1, 0.15) is 5.75 Å². The Morgan fingerprint density at radius 3 is 2.47 bits per heavy atom. The van der Waals surface area contributed by atoms with Crippen LogP contribution in [-0.2, 0) is 9.53 Å². The van der Waals surface area contributed by atoms with E-state index >= 15 is 0 Å². The van der Waals surface area contributed by atoms with Crippen molar-refractivity contribution in [3.8, 4) is 5.75 Å². The predicted octanol–water partition coefficient (Wildman–Crippen LogP) is 0.831. The van der Waals surface area contributed by atoms with Gasteiger partial charge in [-0.05, 0) is 24.6 Å². The van der Waals surface area contributed by atoms with Crippen LogP contribution in [-0.4, -0.2) is 44.6 Å². The van der Waals surface area contributed by atoms with Crippen molar-refractivity contribution < 1.29 is 19.1 Å². The number of esters is 1. The van der Waals surface area contributed by atoms with Gasteiger partial charge in [-0.15, -0.1) is 0 Å². The van der Waals surface area contributed by atoms with Crippen LogP contribution in [0.3, 0.4) is 0 Å². The summed E-state index contributed by atoms with van der Waals surface area (Å²) in [6.07, 6.45) is 0. The Kier molecular flexibility index (Phi) is 4.74. The summed E-state index contributed by atoms with van der Waals surface area (Å²) >= 11 is 0. The Balaban J connectivity index is 2.98. The first kappa shape index (κ1) is 14.8. The molecule has 0 aliphatic heterocycles. The minimum Gasteiger partial charge on any atom is -0.482 e. The average Bonchev–Trinajstić information content (AvgIpc) is 2.37. The molecule has 1 rings (SSSR count). The van der Waals surface area contributed by atoms with E-state index in [1.165, 1.54) is 12.0 Å². The fourth-order valence-electron chi connectivity index (χ4n) is 1.43. The number of benzene rings is 1. The third kappa shape index (κ3) is 3.61. The molecule has 0 atom stereocenters. The first-order valence-corrected chi connectivity index (χ1v) is 5.68. The van der Waals surface area contributed by atoms with Crippen LogP contribution < -0.4 is 10.5 Å². The monoisotopic (exact) mass is 266 g/mol. The number of hydrogen-bond acceptors (Lipinski definition) is 5. The number of rotatable bonds is 4. The van der Waals surface area contributed by atoms with E-state index in [0.717, 1.165) is 5.56 Å². The number of methoxy groups -OCH3 is 1. The smallest absolute Gasteiger partial charge is 0.340 e. The predicted molar refractivity (Wildman–Crippen MR) is 71.1 cm³/mol. The second kappa shape index (κ2) is 6.08. The van der Waals surface area contributed by atoms with Gasteiger partial charge in [0.05, 0.1) is 18.4 Å². The molecule has 0 saturated carbocycles. The van der Waals surface area contributed by atoms with Crippen LogP contribution in [0.2, 0.25) is 0 Å². The minimum absolute atomic E-state index is 0.138. The van der Waals surface area contributed by atoms with Crippen LogP contribution in [0.25, 0.3) is 0 Å². The maximum Gasteiger partial charge on any atom is 0.340 e. The van der Waals surface area contributed by atoms with Crippen molar-refractivity contribution in [3.63, 3.8) is 0 Å². The van der Waals surface area contributed by atoms with Crippen molar-refractivity contribution in [1.82, 2.24) is 4.90 Å². The van der Waals surface area contributed by atoms with Gasteiger partial charge >= 0.3 is 5.97 Å². The van der Waals surface area contributed by atoms with E-state index < -0.39 is 5.97 Å². The van der Waals surface area contributed by atoms with Gasteiger partial charge in [-0.25, -0.2) is 4.79 Å². The fourth-order valence-corrected chi connectivity index (χ4v) is 1.43. The van der Waals surface area contributed by atoms with Crippen LogP contribution in [0.5, 0.6) is 5.75 Å². The maximum atomic E-state index is 11.6. The van der Waals surface area contributed by atoms with E-state index in [1.807, 2.05) is 0 Å². The number of hydrogen-bond donors (Lipinski definition) is 1. The van der Waals surface area contributed by atoms with Crippen molar-refractivity contribution >= 4 is 17.6 Å². The quantitative estimate of drug-likeness (QED) is 0.645. The first-order valence-electron chi connectivity index (χ1n) is 5.68. The maximum absolute atomic E-state index is 11.6. The molecule has 0 unspecified atom stereocenters. The zero-order chi connectivity index (χ0) is 14.6. The first-order chi connectivity index (χ1) is 8.86. The van der Waals surface area contributed by atoms with Crippen LogP contribution in [0.1, 0.15) is 15.9 Å². The van der Waals surface area contributed by atoms with Gasteiger partial charge in [0.15, 0.2) is 6.61 Å². The number of likely N-dealkylation sites (N-methyl/N-ethyl adjacent to an activating group) is 1. The molecule has 0 radical (unpaired) electrons. The molecule has 2 N–H and O–H groups in total. The van der Waals surface area contributed by atoms with Crippen molar-refractivity contribution in [2.24, 2.45) is 0 Å². The number of carbonyl (C=O) groups excluding carboxylic acids is 2. The SMILES string of the molecule is COC(=O)c1cc(C)cc(OCC(=O)N(C)C)c1N. The lowest BCUT2D eigenvalue weighted by Gasteiger charge is -2.14. The highest BCUT2D eigenvalue weighted by atomic mass is 16.5. The standard InChI is InChI=1S/C13H18N2O4/c1-8-5-9(13(17)18-4)12(14)10(6-8)19-7-11(16)15(2)3/h5-6H,7,14H2,1-4H3. The number of anilines is 1. The second-order valence-electron chi connectivity index (χ2n) is 4.29. The molecule has 0 aliphatic carbocycles. The highest BCUT2D eigenvalue weighted by molar-refractivity contribution is 5.96. The van der Waals surface area contributed by atoms with E-state index in [4.69, 9.17) is 10.5 Å². The molecule has 19 heavy (non-hydrogen) atoms. The van der Waals surface area contributed by atoms with Gasteiger partial charge in [-0.1, -0.05) is 0 Å². The molecule has 1 aromatic rings. The molecule has 1 aromatic carbocycles. The van der Waals surface area contributed by atoms with Crippen molar-refractivity contribution in [2.75, 3.05) is 33.5 Å². The van der Waals surface area contributed by atoms with Gasteiger partial charge in [0.2, 0.25) is 0 Å². The molecule has 0 aliphatic rings. The lowest BCUT2D eigenvalue weighted by Crippen LogP contribution is -2.27. The summed E-state index contributed by atoms with van der Waals surface area (Å²) in [5, 5.41) is 0. The third-order valence-electron chi connectivity index (χ3n) is 2.54. The molecule has 6 heteroatoms. The van der Waals surface area contributed by atoms with Gasteiger partial charge in [0, 0.05) is 14.1 Å². The Labute approximate surface area is 112 Å². The molecule has 104 valence electrons. The number of ether oxygens (including phenoxy) is 2. The number of aryl methyl sites for hydroxylation is 1. The zero-order valence-electron chi connectivity index (χ0n) is 11.5. The molecule has 0 heterocycles. The van der Waals surface area contributed by atoms with Crippen molar-refractivity contribution in [3.05, 3.63) is 23.3 Å². The molecule has 0 aromatic heterocycles. The van der Waals surface area contributed by atoms with Crippen LogP contribution in [0.4, 0.5) is 5.69 Å². The number of amides is 1. The van der Waals surface area contributed by atoms with Crippen LogP contribution in [0.15, 0.2) is 12.1 Å². The molecule has 1 amide bonds. The normalized spacial score (nSPS) is 9.89. The summed E-state index contributed by atoms with van der Waals surface area (Å²) in [4.78, 5) is 24.4. The van der Waals surface area contributed by atoms with E-state index in [2.05, 4.69) is 4.74 Å². The van der Waals surface area contributed by atoms with E-state index in [0.29, 0.717) is 5.75 Å². The Hall–Kier alpha value is -2.24. The molecule has 0 fully saturated rings. The van der Waals surface area contributed by atoms with E-state index in [-0.39, 0.29) is 23.8 Å². The number of carbonyl (C=O) groups is 2. The van der Waals surface area contributed by atoms with E-state index in [9.17, 15) is 9.59 Å². The average molecular weight is 266 g/mol. The van der Waals surface area contributed by atoms with Crippen LogP contribution in [0, 0.1) is 6.92 Å². The Bertz CT molecular complexity index is 498. The molecule has 0 spiro atoms. The molecule has 0 saturated heterocycles. The summed E-state index contributed by atoms with van der Waals surface area (Å²) in [5.41, 5.74) is 7.04. The highest BCUT2D eigenvalue weighted by Gasteiger charge is 2.16. The lowest BCUT2D eigenvalue weighted by molar-refractivity contribution is -0.130. The molecular formula is C13H18N2O4. The largest absolute Gasteiger partial charge is 0.482 e. The third-order valence-corrected chi connectivity index (χ3v) is 2.54. The lowest BCUT2D eigenvalue weighted by atomic mass is 10.1. The summed E-state index contributed by atoms with van der Waals surface area (Å²) in [5.74, 6) is -0.430. The Morgan fingerprint density at radius 1 is 1.32 bits per heavy atom. The summed E-state index contributed by atoms with van der Waals surface area (Å²) in [6.45, 7) is 1.66. The summed E-state index contributed by atoms with van der Waals surface area (Å²) in [7, 11) is 4.54. The van der Waals surface area contributed by atoms with Gasteiger partial charge in [0.25, 0.3) is 5.91 Å². The molecule has 6 nitrogen and oxygen atoms in total. The number of nitrogen functional groups attached to an aromatic ring is 1. The summed E-state index contributed by atoms with van der Waals surface area (Å²) in [6, 6.07) is 3.28. The van der Waals surface area contributed by atoms with Crippen molar-refractivity contribution in [2.45, 2.75) is 6.92 Å². The number of nitrogens with two attached hydrogens (primary N) is 1. The van der Waals surface area contributed by atoms with Crippen molar-refractivity contribution in [1.29, 1.82) is 0 Å². The van der Waals surface area contributed by atoms with Gasteiger partial charge in [-0.2, -0.15) is 0 Å².